The molecule has 1 aromatic carbocycles. The van der Waals surface area contributed by atoms with Crippen molar-refractivity contribution in [2.75, 3.05) is 12.4 Å². The van der Waals surface area contributed by atoms with Crippen LogP contribution in [0.2, 0.25) is 0 Å². The molecule has 1 aliphatic rings. The van der Waals surface area contributed by atoms with E-state index in [9.17, 15) is 4.79 Å². The van der Waals surface area contributed by atoms with Crippen LogP contribution in [0.5, 0.6) is 0 Å². The van der Waals surface area contributed by atoms with E-state index in [1.165, 1.54) is 0 Å². The van der Waals surface area contributed by atoms with Crippen molar-refractivity contribution in [3.8, 4) is 0 Å². The number of rotatable bonds is 3. The second-order valence-electron chi connectivity index (χ2n) is 3.53. The third-order valence-electron chi connectivity index (χ3n) is 2.34. The molecular formula is C11H12ClNO2. The van der Waals surface area contributed by atoms with Crippen molar-refractivity contribution in [3.05, 3.63) is 35.9 Å². The lowest BCUT2D eigenvalue weighted by Gasteiger charge is -2.12. The molecule has 2 rings (SSSR count). The Hall–Kier alpha value is -1.22. The zero-order valence-corrected chi connectivity index (χ0v) is 8.98. The summed E-state index contributed by atoms with van der Waals surface area (Å²) in [5.74, 6) is 0.358. The Kier molecular flexibility index (Phi) is 3.11. The van der Waals surface area contributed by atoms with Crippen LogP contribution in [0.25, 0.3) is 0 Å². The number of alkyl halides is 1. The molecule has 80 valence electrons. The molecule has 1 aromatic rings. The Balaban J connectivity index is 1.99. The molecule has 1 saturated heterocycles. The van der Waals surface area contributed by atoms with Gasteiger partial charge in [0.2, 0.25) is 0 Å². The topological polar surface area (TPSA) is 29.5 Å². The molecule has 0 saturated carbocycles. The van der Waals surface area contributed by atoms with E-state index in [-0.39, 0.29) is 12.2 Å². The van der Waals surface area contributed by atoms with Gasteiger partial charge in [-0.1, -0.05) is 30.3 Å². The molecule has 1 fully saturated rings. The van der Waals surface area contributed by atoms with Gasteiger partial charge in [-0.2, -0.15) is 0 Å². The molecule has 1 atom stereocenters. The van der Waals surface area contributed by atoms with Gasteiger partial charge in [-0.05, 0) is 5.56 Å². The van der Waals surface area contributed by atoms with E-state index < -0.39 is 0 Å². The van der Waals surface area contributed by atoms with E-state index in [0.717, 1.165) is 5.56 Å². The Bertz CT molecular complexity index is 342. The molecule has 0 aliphatic carbocycles. The number of carbonyl (C=O) groups is 1. The summed E-state index contributed by atoms with van der Waals surface area (Å²) in [5, 5.41) is 0. The van der Waals surface area contributed by atoms with Crippen molar-refractivity contribution in [1.29, 1.82) is 0 Å². The molecule has 0 radical (unpaired) electrons. The average Bonchev–Trinajstić information content (AvgIpc) is 2.61. The number of hydrogen-bond donors (Lipinski definition) is 0. The van der Waals surface area contributed by atoms with E-state index >= 15 is 0 Å². The number of halogens is 1. The summed E-state index contributed by atoms with van der Waals surface area (Å²) in [6.07, 6.45) is -0.438. The molecule has 0 N–H and O–H groups in total. The first kappa shape index (κ1) is 10.3. The van der Waals surface area contributed by atoms with Crippen LogP contribution in [0.3, 0.4) is 0 Å². The number of amides is 1. The summed E-state index contributed by atoms with van der Waals surface area (Å²) in [5.41, 5.74) is 1.10. The third-order valence-corrected chi connectivity index (χ3v) is 2.68. The lowest BCUT2D eigenvalue weighted by molar-refractivity contribution is 0.138. The zero-order chi connectivity index (χ0) is 10.7. The van der Waals surface area contributed by atoms with E-state index in [0.29, 0.717) is 19.0 Å². The van der Waals surface area contributed by atoms with Gasteiger partial charge in [0, 0.05) is 6.54 Å². The number of ether oxygens (including phenoxy) is 1. The first-order valence-corrected chi connectivity index (χ1v) is 5.38. The smallest absolute Gasteiger partial charge is 0.410 e. The van der Waals surface area contributed by atoms with E-state index in [1.54, 1.807) is 4.90 Å². The minimum atomic E-state index is -0.274. The normalized spacial score (nSPS) is 20.5. The number of hydrogen-bond acceptors (Lipinski definition) is 2. The van der Waals surface area contributed by atoms with E-state index in [1.807, 2.05) is 30.3 Å². The second-order valence-corrected chi connectivity index (χ2v) is 3.83. The number of cyclic esters (lactones) is 1. The Labute approximate surface area is 93.6 Å². The van der Waals surface area contributed by atoms with E-state index in [4.69, 9.17) is 16.3 Å². The number of nitrogens with zero attached hydrogens (tertiary/aromatic N) is 1. The SMILES string of the molecule is O=C1O[C@@H](CCl)CN1Cc1ccccc1. The maximum absolute atomic E-state index is 11.4. The van der Waals surface area contributed by atoms with Crippen LogP contribution in [0.4, 0.5) is 4.79 Å². The highest BCUT2D eigenvalue weighted by Gasteiger charge is 2.30. The summed E-state index contributed by atoms with van der Waals surface area (Å²) in [7, 11) is 0. The summed E-state index contributed by atoms with van der Waals surface area (Å²) in [6, 6.07) is 9.83. The Morgan fingerprint density at radius 2 is 2.13 bits per heavy atom. The standard InChI is InChI=1S/C11H12ClNO2/c12-6-10-8-13(11(14)15-10)7-9-4-2-1-3-5-9/h1-5,10H,6-8H2/t10-/m0/s1. The van der Waals surface area contributed by atoms with Crippen molar-refractivity contribution >= 4 is 17.7 Å². The molecule has 0 unspecified atom stereocenters. The maximum atomic E-state index is 11.4. The molecule has 1 heterocycles. The van der Waals surface area contributed by atoms with Gasteiger partial charge in [0.1, 0.15) is 6.10 Å². The predicted molar refractivity (Wildman–Crippen MR) is 57.8 cm³/mol. The van der Waals surface area contributed by atoms with Crippen LogP contribution >= 0.6 is 11.6 Å². The van der Waals surface area contributed by atoms with Gasteiger partial charge >= 0.3 is 6.09 Å². The summed E-state index contributed by atoms with van der Waals surface area (Å²) in [6.45, 7) is 1.17. The first-order chi connectivity index (χ1) is 7.29. The summed E-state index contributed by atoms with van der Waals surface area (Å²) >= 11 is 5.64. The van der Waals surface area contributed by atoms with Crippen molar-refractivity contribution in [2.24, 2.45) is 0 Å². The van der Waals surface area contributed by atoms with Gasteiger partial charge in [-0.25, -0.2) is 4.79 Å². The van der Waals surface area contributed by atoms with Crippen molar-refractivity contribution in [1.82, 2.24) is 4.90 Å². The quantitative estimate of drug-likeness (QED) is 0.739. The Morgan fingerprint density at radius 1 is 1.40 bits per heavy atom. The average molecular weight is 226 g/mol. The van der Waals surface area contributed by atoms with Gasteiger partial charge in [-0.3, -0.25) is 0 Å². The molecule has 0 bridgehead atoms. The molecule has 3 nitrogen and oxygen atoms in total. The lowest BCUT2D eigenvalue weighted by atomic mass is 10.2. The maximum Gasteiger partial charge on any atom is 0.410 e. The van der Waals surface area contributed by atoms with Crippen LogP contribution in [-0.4, -0.2) is 29.5 Å². The largest absolute Gasteiger partial charge is 0.443 e. The molecule has 0 spiro atoms. The highest BCUT2D eigenvalue weighted by Crippen LogP contribution is 2.15. The van der Waals surface area contributed by atoms with Crippen LogP contribution in [-0.2, 0) is 11.3 Å². The van der Waals surface area contributed by atoms with Crippen LogP contribution < -0.4 is 0 Å². The van der Waals surface area contributed by atoms with Crippen LogP contribution in [0.1, 0.15) is 5.56 Å². The second kappa shape index (κ2) is 4.53. The van der Waals surface area contributed by atoms with Crippen molar-refractivity contribution in [2.45, 2.75) is 12.6 Å². The lowest BCUT2D eigenvalue weighted by Crippen LogP contribution is -2.24. The fourth-order valence-electron chi connectivity index (χ4n) is 1.59. The van der Waals surface area contributed by atoms with E-state index in [2.05, 4.69) is 0 Å². The highest BCUT2D eigenvalue weighted by atomic mass is 35.5. The monoisotopic (exact) mass is 225 g/mol. The minimum Gasteiger partial charge on any atom is -0.443 e. The Morgan fingerprint density at radius 3 is 2.73 bits per heavy atom. The number of carbonyl (C=O) groups excluding carboxylic acids is 1. The molecule has 4 heteroatoms. The van der Waals surface area contributed by atoms with Gasteiger partial charge in [-0.15, -0.1) is 11.6 Å². The molecule has 0 aromatic heterocycles. The van der Waals surface area contributed by atoms with Gasteiger partial charge < -0.3 is 9.64 Å². The zero-order valence-electron chi connectivity index (χ0n) is 8.23. The fourth-order valence-corrected chi connectivity index (χ4v) is 1.75. The third kappa shape index (κ3) is 2.42. The molecule has 1 amide bonds. The first-order valence-electron chi connectivity index (χ1n) is 4.85. The van der Waals surface area contributed by atoms with Gasteiger partial charge in [0.25, 0.3) is 0 Å². The van der Waals surface area contributed by atoms with Crippen molar-refractivity contribution < 1.29 is 9.53 Å². The van der Waals surface area contributed by atoms with Gasteiger partial charge in [0.15, 0.2) is 0 Å². The highest BCUT2D eigenvalue weighted by molar-refractivity contribution is 6.18. The molecule has 15 heavy (non-hydrogen) atoms. The summed E-state index contributed by atoms with van der Waals surface area (Å²) < 4.78 is 5.05. The van der Waals surface area contributed by atoms with Gasteiger partial charge in [0.05, 0.1) is 12.4 Å². The summed E-state index contributed by atoms with van der Waals surface area (Å²) in [4.78, 5) is 13.1. The van der Waals surface area contributed by atoms with Crippen LogP contribution in [0.15, 0.2) is 30.3 Å². The van der Waals surface area contributed by atoms with Crippen molar-refractivity contribution in [3.63, 3.8) is 0 Å². The molecular weight excluding hydrogens is 214 g/mol. The van der Waals surface area contributed by atoms with Crippen LogP contribution in [0, 0.1) is 0 Å². The fraction of sp³-hybridized carbons (Fsp3) is 0.364. The minimum absolute atomic E-state index is 0.164. The number of benzene rings is 1. The predicted octanol–water partition coefficient (Wildman–Crippen LogP) is 2.25. The molecule has 1 aliphatic heterocycles.